The quantitative estimate of drug-likeness (QED) is 0.0195. The van der Waals surface area contributed by atoms with Crippen LogP contribution in [0.15, 0.2) is 60.8 Å². The summed E-state index contributed by atoms with van der Waals surface area (Å²) in [6, 6.07) is 0. The van der Waals surface area contributed by atoms with Crippen molar-refractivity contribution in [2.75, 3.05) is 47.5 Å². The Labute approximate surface area is 438 Å². The summed E-state index contributed by atoms with van der Waals surface area (Å²) in [7, 11) is 1.17. The second kappa shape index (κ2) is 52.6. The van der Waals surface area contributed by atoms with E-state index in [0.29, 0.717) is 17.4 Å². The zero-order chi connectivity index (χ0) is 52.0. The van der Waals surface area contributed by atoms with Gasteiger partial charge < -0.3 is 27.9 Å². The lowest BCUT2D eigenvalue weighted by Gasteiger charge is -2.28. The predicted octanol–water partition coefficient (Wildman–Crippen LogP) is 17.7. The summed E-state index contributed by atoms with van der Waals surface area (Å²) in [6.45, 7) is 4.13. The second-order valence-corrected chi connectivity index (χ2v) is 22.4. The summed E-state index contributed by atoms with van der Waals surface area (Å²) in [5.74, 6) is -0.835. The molecule has 0 saturated carbocycles. The normalized spacial score (nSPS) is 13.7. The number of hydrogen-bond donors (Lipinski definition) is 0. The Morgan fingerprint density at radius 1 is 0.451 bits per heavy atom. The molecule has 0 aromatic rings. The van der Waals surface area contributed by atoms with E-state index in [4.69, 9.17) is 18.5 Å². The fraction of sp³-hybridized carbons (Fsp3) is 0.803. The second-order valence-electron chi connectivity index (χ2n) is 21.0. The summed E-state index contributed by atoms with van der Waals surface area (Å²) in [5, 5.41) is 0. The lowest BCUT2D eigenvalue weighted by molar-refractivity contribution is -0.870. The van der Waals surface area contributed by atoms with Gasteiger partial charge >= 0.3 is 11.9 Å². The summed E-state index contributed by atoms with van der Waals surface area (Å²) in [5.41, 5.74) is 0. The minimum atomic E-state index is -4.63. The standard InChI is InChI=1S/C61H112NO8P/c1-6-8-10-12-14-16-18-20-22-23-24-25-26-27-28-29-30-31-32-33-34-35-36-37-38-39-40-42-44-46-48-50-52-54-61(64)70-59(58-69-71(65,66)68-56-55-62(3,4)5)57-67-60(63)53-51-49-47-45-43-41-21-19-17-15-13-11-9-7-2/h8,10,14,16,19-22,24-25,59H,6-7,9,11-13,15,17-18,23,26-58H2,1-5H3/b10-8-,16-14-,21-19-,22-20-,25-24-. The Kier molecular flexibility index (Phi) is 50.9. The van der Waals surface area contributed by atoms with E-state index in [1.807, 2.05) is 21.1 Å². The van der Waals surface area contributed by atoms with Crippen LogP contribution in [0.4, 0.5) is 0 Å². The Balaban J connectivity index is 4.01. The maximum Gasteiger partial charge on any atom is 0.306 e. The van der Waals surface area contributed by atoms with E-state index in [1.54, 1.807) is 0 Å². The van der Waals surface area contributed by atoms with Gasteiger partial charge in [-0.25, -0.2) is 0 Å². The largest absolute Gasteiger partial charge is 0.756 e. The van der Waals surface area contributed by atoms with Gasteiger partial charge in [-0.3, -0.25) is 14.2 Å². The lowest BCUT2D eigenvalue weighted by atomic mass is 10.0. The van der Waals surface area contributed by atoms with Crippen molar-refractivity contribution in [1.29, 1.82) is 0 Å². The molecule has 0 aromatic carbocycles. The number of ether oxygens (including phenoxy) is 2. The van der Waals surface area contributed by atoms with Gasteiger partial charge in [0.15, 0.2) is 6.10 Å². The summed E-state index contributed by atoms with van der Waals surface area (Å²) in [4.78, 5) is 37.8. The van der Waals surface area contributed by atoms with Crippen molar-refractivity contribution >= 4 is 19.8 Å². The van der Waals surface area contributed by atoms with E-state index in [2.05, 4.69) is 74.6 Å². The minimum Gasteiger partial charge on any atom is -0.756 e. The fourth-order valence-corrected chi connectivity index (χ4v) is 8.96. The van der Waals surface area contributed by atoms with E-state index in [-0.39, 0.29) is 32.0 Å². The highest BCUT2D eigenvalue weighted by Crippen LogP contribution is 2.38. The highest BCUT2D eigenvalue weighted by Gasteiger charge is 2.22. The fourth-order valence-electron chi connectivity index (χ4n) is 8.23. The minimum absolute atomic E-state index is 0.0316. The molecule has 0 saturated heterocycles. The van der Waals surface area contributed by atoms with E-state index in [9.17, 15) is 19.0 Å². The Morgan fingerprint density at radius 2 is 0.803 bits per heavy atom. The third-order valence-corrected chi connectivity index (χ3v) is 13.7. The van der Waals surface area contributed by atoms with Gasteiger partial charge in [-0.15, -0.1) is 0 Å². The van der Waals surface area contributed by atoms with Crippen LogP contribution in [0.1, 0.15) is 264 Å². The molecule has 0 N–H and O–H groups in total. The van der Waals surface area contributed by atoms with E-state index in [0.717, 1.165) is 83.5 Å². The first kappa shape index (κ1) is 68.7. The van der Waals surface area contributed by atoms with Crippen molar-refractivity contribution in [3.8, 4) is 0 Å². The first-order valence-corrected chi connectivity index (χ1v) is 31.0. The van der Waals surface area contributed by atoms with Crippen molar-refractivity contribution in [2.45, 2.75) is 270 Å². The molecule has 2 unspecified atom stereocenters. The number of likely N-dealkylation sites (N-methyl/N-ethyl adjacent to an activating group) is 1. The van der Waals surface area contributed by atoms with Crippen molar-refractivity contribution in [3.05, 3.63) is 60.8 Å². The molecule has 0 amide bonds. The molecular formula is C61H112NO8P. The maximum absolute atomic E-state index is 12.8. The van der Waals surface area contributed by atoms with Gasteiger partial charge in [0.2, 0.25) is 0 Å². The van der Waals surface area contributed by atoms with Crippen LogP contribution in [0.3, 0.4) is 0 Å². The Morgan fingerprint density at radius 3 is 1.21 bits per heavy atom. The van der Waals surface area contributed by atoms with Crippen LogP contribution >= 0.6 is 7.82 Å². The number of phosphoric acid groups is 1. The van der Waals surface area contributed by atoms with Gasteiger partial charge in [0.25, 0.3) is 7.82 Å². The highest BCUT2D eigenvalue weighted by molar-refractivity contribution is 7.45. The number of phosphoric ester groups is 1. The van der Waals surface area contributed by atoms with E-state index < -0.39 is 26.5 Å². The number of hydrogen-bond acceptors (Lipinski definition) is 8. The molecule has 0 aromatic heterocycles. The van der Waals surface area contributed by atoms with Gasteiger partial charge in [0, 0.05) is 12.8 Å². The highest BCUT2D eigenvalue weighted by atomic mass is 31.2. The molecule has 0 radical (unpaired) electrons. The monoisotopic (exact) mass is 1020 g/mol. The molecule has 71 heavy (non-hydrogen) atoms. The number of rotatable bonds is 54. The molecule has 0 bridgehead atoms. The number of quaternary nitrogens is 1. The molecular weight excluding hydrogens is 906 g/mol. The number of nitrogens with zero attached hydrogens (tertiary/aromatic N) is 1. The van der Waals surface area contributed by atoms with Crippen LogP contribution in [-0.2, 0) is 32.7 Å². The van der Waals surface area contributed by atoms with Crippen LogP contribution in [0.25, 0.3) is 0 Å². The van der Waals surface area contributed by atoms with Crippen molar-refractivity contribution in [2.24, 2.45) is 0 Å². The molecule has 0 aliphatic rings. The Bertz CT molecular complexity index is 1380. The topological polar surface area (TPSA) is 111 Å². The number of unbranched alkanes of at least 4 members (excludes halogenated alkanes) is 30. The van der Waals surface area contributed by atoms with Gasteiger partial charge in [0.05, 0.1) is 27.7 Å². The molecule has 2 atom stereocenters. The predicted molar refractivity (Wildman–Crippen MR) is 300 cm³/mol. The number of carbonyl (C=O) groups excluding carboxylic acids is 2. The maximum atomic E-state index is 12.8. The molecule has 10 heteroatoms. The molecule has 0 aliphatic carbocycles. The lowest BCUT2D eigenvalue weighted by Crippen LogP contribution is -2.37. The van der Waals surface area contributed by atoms with Gasteiger partial charge in [0.1, 0.15) is 19.8 Å². The zero-order valence-electron chi connectivity index (χ0n) is 46.9. The third-order valence-electron chi connectivity index (χ3n) is 12.8. The molecule has 0 rings (SSSR count). The average Bonchev–Trinajstić information content (AvgIpc) is 3.33. The van der Waals surface area contributed by atoms with E-state index >= 15 is 0 Å². The van der Waals surface area contributed by atoms with Crippen LogP contribution in [0.5, 0.6) is 0 Å². The van der Waals surface area contributed by atoms with Gasteiger partial charge in [-0.05, 0) is 77.0 Å². The van der Waals surface area contributed by atoms with Gasteiger partial charge in [-0.1, -0.05) is 235 Å². The first-order chi connectivity index (χ1) is 34.5. The molecule has 0 fully saturated rings. The van der Waals surface area contributed by atoms with E-state index in [1.165, 1.54) is 148 Å². The molecule has 0 heterocycles. The number of esters is 2. The third kappa shape index (κ3) is 56.9. The average molecular weight is 1020 g/mol. The van der Waals surface area contributed by atoms with Crippen LogP contribution in [0, 0.1) is 0 Å². The van der Waals surface area contributed by atoms with Gasteiger partial charge in [-0.2, -0.15) is 0 Å². The molecule has 0 spiro atoms. The van der Waals surface area contributed by atoms with Crippen LogP contribution in [-0.4, -0.2) is 70.0 Å². The number of allylic oxidation sites excluding steroid dienone is 10. The molecule has 0 aliphatic heterocycles. The SMILES string of the molecule is CC/C=C\C/C=C\C/C=C\C/C=C\CCCCCCCCCCCCCCCCCCCCCCC(=O)OC(COC(=O)CCCCCCC/C=C\CCCCCCC)COP(=O)([O-])OCC[N+](C)(C)C. The molecule has 9 nitrogen and oxygen atoms in total. The number of carbonyl (C=O) groups is 2. The van der Waals surface area contributed by atoms with Crippen LogP contribution < -0.4 is 4.89 Å². The summed E-state index contributed by atoms with van der Waals surface area (Å²) in [6.07, 6.45) is 67.1. The van der Waals surface area contributed by atoms with Crippen molar-refractivity contribution < 1.29 is 42.1 Å². The smallest absolute Gasteiger partial charge is 0.306 e. The summed E-state index contributed by atoms with van der Waals surface area (Å²) < 4.78 is 34.1. The Hall–Kier alpha value is -2.29. The van der Waals surface area contributed by atoms with Crippen molar-refractivity contribution in [3.63, 3.8) is 0 Å². The first-order valence-electron chi connectivity index (χ1n) is 29.5. The summed E-state index contributed by atoms with van der Waals surface area (Å²) >= 11 is 0. The molecule has 414 valence electrons. The zero-order valence-corrected chi connectivity index (χ0v) is 47.8. The van der Waals surface area contributed by atoms with Crippen LogP contribution in [0.2, 0.25) is 0 Å². The van der Waals surface area contributed by atoms with Crippen molar-refractivity contribution in [1.82, 2.24) is 0 Å².